The molecule has 32 heavy (non-hydrogen) atoms. The SMILES string of the molecule is Cc1c(C(=O)Nc2ccccc2-c2nc3c(ccc4ccccc43)o2)cccc1[N+](=O)[O-]. The van der Waals surface area contributed by atoms with E-state index in [1.807, 2.05) is 48.5 Å². The molecule has 0 saturated heterocycles. The van der Waals surface area contributed by atoms with Crippen molar-refractivity contribution in [1.82, 2.24) is 4.98 Å². The summed E-state index contributed by atoms with van der Waals surface area (Å²) in [4.78, 5) is 28.4. The second kappa shape index (κ2) is 7.63. The van der Waals surface area contributed by atoms with Gasteiger partial charge in [0.05, 0.1) is 16.2 Å². The first-order valence-electron chi connectivity index (χ1n) is 9.96. The molecule has 0 aliphatic rings. The summed E-state index contributed by atoms with van der Waals surface area (Å²) in [7, 11) is 0. The first-order chi connectivity index (χ1) is 15.5. The normalized spacial score (nSPS) is 11.0. The van der Waals surface area contributed by atoms with Gasteiger partial charge in [0.2, 0.25) is 5.89 Å². The minimum atomic E-state index is -0.497. The van der Waals surface area contributed by atoms with Crippen LogP contribution in [0.4, 0.5) is 11.4 Å². The van der Waals surface area contributed by atoms with Gasteiger partial charge in [-0.05, 0) is 36.6 Å². The topological polar surface area (TPSA) is 98.3 Å². The number of nitro groups is 1. The van der Waals surface area contributed by atoms with Crippen LogP contribution in [0, 0.1) is 17.0 Å². The summed E-state index contributed by atoms with van der Waals surface area (Å²) in [5.41, 5.74) is 2.95. The first kappa shape index (κ1) is 19.4. The van der Waals surface area contributed by atoms with E-state index >= 15 is 0 Å². The average Bonchev–Trinajstić information content (AvgIpc) is 3.24. The van der Waals surface area contributed by atoms with Crippen LogP contribution in [0.5, 0.6) is 0 Å². The molecule has 5 aromatic rings. The Labute approximate surface area is 182 Å². The first-order valence-corrected chi connectivity index (χ1v) is 9.96. The number of nitrogens with zero attached hydrogens (tertiary/aromatic N) is 2. The van der Waals surface area contributed by atoms with Gasteiger partial charge in [0.25, 0.3) is 11.6 Å². The zero-order valence-corrected chi connectivity index (χ0v) is 17.0. The molecule has 0 atom stereocenters. The highest BCUT2D eigenvalue weighted by molar-refractivity contribution is 6.08. The Morgan fingerprint density at radius 3 is 2.59 bits per heavy atom. The van der Waals surface area contributed by atoms with Crippen molar-refractivity contribution in [2.75, 3.05) is 5.32 Å². The molecule has 0 aliphatic heterocycles. The number of aromatic nitrogens is 1. The minimum Gasteiger partial charge on any atom is -0.436 e. The fourth-order valence-electron chi connectivity index (χ4n) is 3.81. The Morgan fingerprint density at radius 2 is 1.75 bits per heavy atom. The summed E-state index contributed by atoms with van der Waals surface area (Å²) in [6, 6.07) is 23.4. The maximum absolute atomic E-state index is 13.0. The van der Waals surface area contributed by atoms with Crippen LogP contribution in [-0.2, 0) is 0 Å². The maximum atomic E-state index is 13.0. The molecule has 4 aromatic carbocycles. The highest BCUT2D eigenvalue weighted by Crippen LogP contribution is 2.33. The molecular formula is C25H17N3O4. The Hall–Kier alpha value is -4.52. The van der Waals surface area contributed by atoms with E-state index in [1.165, 1.54) is 12.1 Å². The number of amides is 1. The van der Waals surface area contributed by atoms with Crippen molar-refractivity contribution in [2.24, 2.45) is 0 Å². The van der Waals surface area contributed by atoms with Crippen LogP contribution in [0.25, 0.3) is 33.3 Å². The third-order valence-corrected chi connectivity index (χ3v) is 5.44. The van der Waals surface area contributed by atoms with E-state index in [0.29, 0.717) is 28.3 Å². The number of oxazole rings is 1. The van der Waals surface area contributed by atoms with Gasteiger partial charge in [-0.15, -0.1) is 0 Å². The Bertz CT molecular complexity index is 1520. The highest BCUT2D eigenvalue weighted by atomic mass is 16.6. The van der Waals surface area contributed by atoms with Gasteiger partial charge in [-0.2, -0.15) is 0 Å². The highest BCUT2D eigenvalue weighted by Gasteiger charge is 2.20. The summed E-state index contributed by atoms with van der Waals surface area (Å²) in [6.45, 7) is 1.56. The van der Waals surface area contributed by atoms with E-state index in [2.05, 4.69) is 5.32 Å². The summed E-state index contributed by atoms with van der Waals surface area (Å²) < 4.78 is 6.01. The number of carbonyl (C=O) groups is 1. The zero-order chi connectivity index (χ0) is 22.2. The number of nitro benzene ring substituents is 1. The standard InChI is InChI=1S/C25H17N3O4/c1-15-17(10-6-12-21(15)28(30)31)24(29)26-20-11-5-4-9-19(20)25-27-23-18-8-3-2-7-16(18)13-14-22(23)32-25/h2-14H,1H3,(H,26,29). The molecule has 7 nitrogen and oxygen atoms in total. The predicted molar refractivity (Wildman–Crippen MR) is 123 cm³/mol. The van der Waals surface area contributed by atoms with E-state index in [9.17, 15) is 14.9 Å². The number of nitrogens with one attached hydrogen (secondary N) is 1. The monoisotopic (exact) mass is 423 g/mol. The van der Waals surface area contributed by atoms with Gasteiger partial charge in [-0.3, -0.25) is 14.9 Å². The molecule has 0 bridgehead atoms. The average molecular weight is 423 g/mol. The van der Waals surface area contributed by atoms with Gasteiger partial charge in [-0.1, -0.05) is 48.5 Å². The molecule has 1 N–H and O–H groups in total. The van der Waals surface area contributed by atoms with Gasteiger partial charge >= 0.3 is 0 Å². The van der Waals surface area contributed by atoms with Gasteiger partial charge < -0.3 is 9.73 Å². The molecule has 1 amide bonds. The molecular weight excluding hydrogens is 406 g/mol. The van der Waals surface area contributed by atoms with Crippen LogP contribution in [0.1, 0.15) is 15.9 Å². The van der Waals surface area contributed by atoms with Crippen LogP contribution in [-0.4, -0.2) is 15.8 Å². The summed E-state index contributed by atoms with van der Waals surface area (Å²) >= 11 is 0. The largest absolute Gasteiger partial charge is 0.436 e. The predicted octanol–water partition coefficient (Wildman–Crippen LogP) is 6.12. The molecule has 156 valence electrons. The lowest BCUT2D eigenvalue weighted by molar-refractivity contribution is -0.385. The molecule has 0 spiro atoms. The van der Waals surface area contributed by atoms with Crippen LogP contribution in [0.2, 0.25) is 0 Å². The lowest BCUT2D eigenvalue weighted by Gasteiger charge is -2.10. The van der Waals surface area contributed by atoms with Crippen LogP contribution in [0.15, 0.2) is 83.3 Å². The molecule has 0 fully saturated rings. The Morgan fingerprint density at radius 1 is 0.969 bits per heavy atom. The lowest BCUT2D eigenvalue weighted by Crippen LogP contribution is -2.14. The second-order valence-corrected chi connectivity index (χ2v) is 7.36. The molecule has 5 rings (SSSR count). The van der Waals surface area contributed by atoms with Crippen molar-refractivity contribution in [1.29, 1.82) is 0 Å². The van der Waals surface area contributed by atoms with Gasteiger partial charge in [-0.25, -0.2) is 4.98 Å². The second-order valence-electron chi connectivity index (χ2n) is 7.36. The van der Waals surface area contributed by atoms with Gasteiger partial charge in [0.15, 0.2) is 5.58 Å². The maximum Gasteiger partial charge on any atom is 0.273 e. The quantitative estimate of drug-likeness (QED) is 0.277. The van der Waals surface area contributed by atoms with E-state index in [-0.39, 0.29) is 11.3 Å². The van der Waals surface area contributed by atoms with Crippen molar-refractivity contribution in [2.45, 2.75) is 6.92 Å². The molecule has 0 radical (unpaired) electrons. The number of carbonyl (C=O) groups excluding carboxylic acids is 1. The molecule has 0 aliphatic carbocycles. The Kier molecular flexibility index (Phi) is 4.63. The summed E-state index contributed by atoms with van der Waals surface area (Å²) in [5, 5.41) is 16.1. The van der Waals surface area contributed by atoms with E-state index in [0.717, 1.165) is 16.3 Å². The van der Waals surface area contributed by atoms with E-state index in [4.69, 9.17) is 9.40 Å². The number of rotatable bonds is 4. The lowest BCUT2D eigenvalue weighted by atomic mass is 10.1. The van der Waals surface area contributed by atoms with E-state index < -0.39 is 10.8 Å². The van der Waals surface area contributed by atoms with Crippen molar-refractivity contribution < 1.29 is 14.1 Å². The van der Waals surface area contributed by atoms with Crippen LogP contribution in [0.3, 0.4) is 0 Å². The third kappa shape index (κ3) is 3.26. The number of para-hydroxylation sites is 1. The number of hydrogen-bond donors (Lipinski definition) is 1. The van der Waals surface area contributed by atoms with Gasteiger partial charge in [0, 0.05) is 22.6 Å². The van der Waals surface area contributed by atoms with E-state index in [1.54, 1.807) is 25.1 Å². The number of fused-ring (bicyclic) bond motifs is 3. The van der Waals surface area contributed by atoms with Crippen LogP contribution >= 0.6 is 0 Å². The fraction of sp³-hybridized carbons (Fsp3) is 0.0400. The summed E-state index contributed by atoms with van der Waals surface area (Å²) in [6.07, 6.45) is 0. The Balaban J connectivity index is 1.55. The summed E-state index contributed by atoms with van der Waals surface area (Å²) in [5.74, 6) is -0.0665. The molecule has 0 saturated carbocycles. The fourth-order valence-corrected chi connectivity index (χ4v) is 3.81. The minimum absolute atomic E-state index is 0.100. The molecule has 7 heteroatoms. The molecule has 1 heterocycles. The van der Waals surface area contributed by atoms with Crippen molar-refractivity contribution >= 4 is 39.2 Å². The zero-order valence-electron chi connectivity index (χ0n) is 17.0. The number of anilines is 1. The molecule has 1 aromatic heterocycles. The molecule has 0 unspecified atom stereocenters. The number of benzene rings is 4. The number of hydrogen-bond acceptors (Lipinski definition) is 5. The third-order valence-electron chi connectivity index (χ3n) is 5.44. The van der Waals surface area contributed by atoms with Crippen molar-refractivity contribution in [3.63, 3.8) is 0 Å². The van der Waals surface area contributed by atoms with Crippen LogP contribution < -0.4 is 5.32 Å². The smallest absolute Gasteiger partial charge is 0.273 e. The van der Waals surface area contributed by atoms with Crippen molar-refractivity contribution in [3.05, 3.63) is 100 Å². The van der Waals surface area contributed by atoms with Crippen molar-refractivity contribution in [3.8, 4) is 11.5 Å². The van der Waals surface area contributed by atoms with Gasteiger partial charge in [0.1, 0.15) is 5.52 Å².